The summed E-state index contributed by atoms with van der Waals surface area (Å²) in [5.74, 6) is -0.132. The zero-order valence-electron chi connectivity index (χ0n) is 10.3. The van der Waals surface area contributed by atoms with Gasteiger partial charge in [-0.3, -0.25) is 0 Å². The van der Waals surface area contributed by atoms with Crippen molar-refractivity contribution in [2.75, 3.05) is 20.1 Å². The first-order chi connectivity index (χ1) is 7.61. The van der Waals surface area contributed by atoms with Crippen LogP contribution in [0.25, 0.3) is 0 Å². The molecule has 0 aliphatic rings. The van der Waals surface area contributed by atoms with Crippen molar-refractivity contribution in [3.05, 3.63) is 35.6 Å². The molecule has 0 aromatic heterocycles. The number of hydrogen-bond donors (Lipinski definition) is 1. The van der Waals surface area contributed by atoms with Gasteiger partial charge in [0.1, 0.15) is 5.82 Å². The summed E-state index contributed by atoms with van der Waals surface area (Å²) >= 11 is 0. The lowest BCUT2D eigenvalue weighted by molar-refractivity contribution is 0.273. The average molecular weight is 224 g/mol. The molecule has 0 radical (unpaired) electrons. The van der Waals surface area contributed by atoms with Crippen molar-refractivity contribution in [3.63, 3.8) is 0 Å². The molecule has 0 saturated carbocycles. The Labute approximate surface area is 97.5 Å². The van der Waals surface area contributed by atoms with Crippen LogP contribution in [0.4, 0.5) is 4.39 Å². The van der Waals surface area contributed by atoms with Crippen molar-refractivity contribution in [2.24, 2.45) is 0 Å². The van der Waals surface area contributed by atoms with E-state index in [1.54, 1.807) is 6.07 Å². The fourth-order valence-electron chi connectivity index (χ4n) is 1.38. The van der Waals surface area contributed by atoms with E-state index in [4.69, 9.17) is 0 Å². The number of nitrogens with one attached hydrogen (secondary N) is 1. The highest BCUT2D eigenvalue weighted by molar-refractivity contribution is 5.16. The predicted octanol–water partition coefficient (Wildman–Crippen LogP) is 2.26. The number of hydrogen-bond acceptors (Lipinski definition) is 2. The van der Waals surface area contributed by atoms with Gasteiger partial charge >= 0.3 is 0 Å². The maximum absolute atomic E-state index is 13.3. The fourth-order valence-corrected chi connectivity index (χ4v) is 1.38. The second-order valence-corrected chi connectivity index (χ2v) is 4.34. The van der Waals surface area contributed by atoms with Gasteiger partial charge in [0.15, 0.2) is 0 Å². The molecule has 0 aliphatic carbocycles. The molecule has 1 aromatic carbocycles. The Hall–Kier alpha value is -0.930. The van der Waals surface area contributed by atoms with E-state index in [-0.39, 0.29) is 5.82 Å². The summed E-state index contributed by atoms with van der Waals surface area (Å²) in [4.78, 5) is 2.26. The highest BCUT2D eigenvalue weighted by atomic mass is 19.1. The van der Waals surface area contributed by atoms with Crippen LogP contribution in [-0.2, 0) is 6.54 Å². The van der Waals surface area contributed by atoms with E-state index in [0.29, 0.717) is 12.6 Å². The van der Waals surface area contributed by atoms with Crippen molar-refractivity contribution >= 4 is 0 Å². The monoisotopic (exact) mass is 224 g/mol. The van der Waals surface area contributed by atoms with Gasteiger partial charge in [-0.25, -0.2) is 4.39 Å². The summed E-state index contributed by atoms with van der Waals surface area (Å²) < 4.78 is 13.3. The predicted molar refractivity (Wildman–Crippen MR) is 65.9 cm³/mol. The Morgan fingerprint density at radius 2 is 2.00 bits per heavy atom. The highest BCUT2D eigenvalue weighted by Gasteiger charge is 2.03. The molecule has 0 heterocycles. The van der Waals surface area contributed by atoms with Crippen molar-refractivity contribution in [1.82, 2.24) is 10.2 Å². The number of benzene rings is 1. The smallest absolute Gasteiger partial charge is 0.127 e. The highest BCUT2D eigenvalue weighted by Crippen LogP contribution is 2.05. The minimum absolute atomic E-state index is 0.132. The molecule has 2 nitrogen and oxygen atoms in total. The van der Waals surface area contributed by atoms with Crippen LogP contribution in [0.3, 0.4) is 0 Å². The van der Waals surface area contributed by atoms with Crippen LogP contribution in [0, 0.1) is 5.82 Å². The van der Waals surface area contributed by atoms with Crippen molar-refractivity contribution in [2.45, 2.75) is 26.4 Å². The fraction of sp³-hybridized carbons (Fsp3) is 0.538. The molecule has 90 valence electrons. The van der Waals surface area contributed by atoms with Gasteiger partial charge < -0.3 is 10.2 Å². The van der Waals surface area contributed by atoms with Crippen LogP contribution < -0.4 is 5.32 Å². The Bertz CT molecular complexity index is 313. The molecular formula is C13H21FN2. The molecule has 0 saturated heterocycles. The van der Waals surface area contributed by atoms with Gasteiger partial charge in [-0.2, -0.15) is 0 Å². The Morgan fingerprint density at radius 3 is 2.62 bits per heavy atom. The van der Waals surface area contributed by atoms with Crippen molar-refractivity contribution in [1.29, 1.82) is 0 Å². The van der Waals surface area contributed by atoms with E-state index in [2.05, 4.69) is 31.1 Å². The maximum atomic E-state index is 13.3. The van der Waals surface area contributed by atoms with E-state index in [1.165, 1.54) is 6.07 Å². The summed E-state index contributed by atoms with van der Waals surface area (Å²) in [6, 6.07) is 7.44. The molecule has 0 bridgehead atoms. The lowest BCUT2D eigenvalue weighted by atomic mass is 10.2. The molecular weight excluding hydrogens is 203 g/mol. The third-order valence-corrected chi connectivity index (χ3v) is 2.80. The number of nitrogens with zero attached hydrogens (tertiary/aromatic N) is 1. The summed E-state index contributed by atoms with van der Waals surface area (Å²) in [6.45, 7) is 6.78. The van der Waals surface area contributed by atoms with Gasteiger partial charge in [-0.15, -0.1) is 0 Å². The average Bonchev–Trinajstić information content (AvgIpc) is 2.26. The number of rotatable bonds is 6. The van der Waals surface area contributed by atoms with Gasteiger partial charge in [-0.1, -0.05) is 18.2 Å². The summed E-state index contributed by atoms with van der Waals surface area (Å²) in [7, 11) is 2.09. The standard InChI is InChI=1S/C13H21FN2/c1-11(2)16(3)9-8-15-10-12-6-4-5-7-13(12)14/h4-7,11,15H,8-10H2,1-3H3. The molecule has 1 aromatic rings. The lowest BCUT2D eigenvalue weighted by Crippen LogP contribution is -2.33. The largest absolute Gasteiger partial charge is 0.311 e. The third-order valence-electron chi connectivity index (χ3n) is 2.80. The number of halogens is 1. The summed E-state index contributed by atoms with van der Waals surface area (Å²) in [6.07, 6.45) is 0. The van der Waals surface area contributed by atoms with Gasteiger partial charge in [0.2, 0.25) is 0 Å². The summed E-state index contributed by atoms with van der Waals surface area (Å²) in [5, 5.41) is 3.25. The van der Waals surface area contributed by atoms with E-state index in [1.807, 2.05) is 12.1 Å². The molecule has 0 amide bonds. The Kier molecular flexibility index (Phi) is 5.43. The zero-order valence-corrected chi connectivity index (χ0v) is 10.3. The normalized spacial score (nSPS) is 11.4. The van der Waals surface area contributed by atoms with Crippen LogP contribution in [0.1, 0.15) is 19.4 Å². The van der Waals surface area contributed by atoms with E-state index < -0.39 is 0 Å². The molecule has 0 unspecified atom stereocenters. The third kappa shape index (κ3) is 4.29. The van der Waals surface area contributed by atoms with Crippen molar-refractivity contribution in [3.8, 4) is 0 Å². The maximum Gasteiger partial charge on any atom is 0.127 e. The molecule has 0 atom stereocenters. The SMILES string of the molecule is CC(C)N(C)CCNCc1ccccc1F. The van der Waals surface area contributed by atoms with E-state index in [0.717, 1.165) is 18.7 Å². The second kappa shape index (κ2) is 6.61. The molecule has 0 aliphatic heterocycles. The molecule has 16 heavy (non-hydrogen) atoms. The Morgan fingerprint density at radius 1 is 1.31 bits per heavy atom. The number of likely N-dealkylation sites (N-methyl/N-ethyl adjacent to an activating group) is 1. The van der Waals surface area contributed by atoms with Crippen LogP contribution in [-0.4, -0.2) is 31.1 Å². The van der Waals surface area contributed by atoms with Gasteiger partial charge in [-0.05, 0) is 27.0 Å². The molecule has 3 heteroatoms. The van der Waals surface area contributed by atoms with E-state index >= 15 is 0 Å². The first-order valence-corrected chi connectivity index (χ1v) is 5.75. The van der Waals surface area contributed by atoms with Crippen LogP contribution >= 0.6 is 0 Å². The molecule has 0 spiro atoms. The first kappa shape index (κ1) is 13.1. The van der Waals surface area contributed by atoms with E-state index in [9.17, 15) is 4.39 Å². The van der Waals surface area contributed by atoms with Crippen molar-refractivity contribution < 1.29 is 4.39 Å². The van der Waals surface area contributed by atoms with Crippen LogP contribution in [0.5, 0.6) is 0 Å². The lowest BCUT2D eigenvalue weighted by Gasteiger charge is -2.20. The first-order valence-electron chi connectivity index (χ1n) is 5.75. The van der Waals surface area contributed by atoms with Gasteiger partial charge in [0, 0.05) is 31.2 Å². The summed E-state index contributed by atoms with van der Waals surface area (Å²) in [5.41, 5.74) is 0.731. The van der Waals surface area contributed by atoms with Crippen LogP contribution in [0.15, 0.2) is 24.3 Å². The molecule has 1 rings (SSSR count). The topological polar surface area (TPSA) is 15.3 Å². The Balaban J connectivity index is 2.24. The molecule has 1 N–H and O–H groups in total. The van der Waals surface area contributed by atoms with Crippen LogP contribution in [0.2, 0.25) is 0 Å². The second-order valence-electron chi connectivity index (χ2n) is 4.34. The van der Waals surface area contributed by atoms with Gasteiger partial charge in [0.05, 0.1) is 0 Å². The minimum Gasteiger partial charge on any atom is -0.311 e. The molecule has 0 fully saturated rings. The van der Waals surface area contributed by atoms with Gasteiger partial charge in [0.25, 0.3) is 0 Å². The minimum atomic E-state index is -0.132. The zero-order chi connectivity index (χ0) is 12.0. The quantitative estimate of drug-likeness (QED) is 0.746.